The predicted octanol–water partition coefficient (Wildman–Crippen LogP) is 1.74. The standard InChI is InChI=1S/C12H15F2NO4S/c1-7(2)5-10(12(16)17)15-20(18,19)11-4-3-8(13)6-9(11)14/h3-4,6-7,10,15H,5H2,1-2H3,(H,16,17)/t10-/m1/s1. The molecule has 1 aromatic carbocycles. The molecule has 0 amide bonds. The van der Waals surface area contributed by atoms with Crippen LogP contribution in [0.5, 0.6) is 0 Å². The minimum atomic E-state index is -4.37. The van der Waals surface area contributed by atoms with Crippen LogP contribution in [0.15, 0.2) is 23.1 Å². The number of carbonyl (C=O) groups is 1. The van der Waals surface area contributed by atoms with Gasteiger partial charge >= 0.3 is 5.97 Å². The van der Waals surface area contributed by atoms with Gasteiger partial charge in [-0.1, -0.05) is 13.8 Å². The molecule has 5 nitrogen and oxygen atoms in total. The highest BCUT2D eigenvalue weighted by Crippen LogP contribution is 2.17. The molecule has 1 atom stereocenters. The number of rotatable bonds is 6. The third kappa shape index (κ3) is 4.24. The Balaban J connectivity index is 3.06. The van der Waals surface area contributed by atoms with E-state index in [-0.39, 0.29) is 12.3 Å². The number of halogens is 2. The molecule has 0 spiro atoms. The SMILES string of the molecule is CC(C)C[C@@H](NS(=O)(=O)c1ccc(F)cc1F)C(=O)O. The van der Waals surface area contributed by atoms with Crippen LogP contribution in [0.3, 0.4) is 0 Å². The summed E-state index contributed by atoms with van der Waals surface area (Å²) in [4.78, 5) is 10.2. The lowest BCUT2D eigenvalue weighted by atomic mass is 10.1. The number of sulfonamides is 1. The average molecular weight is 307 g/mol. The summed E-state index contributed by atoms with van der Waals surface area (Å²) in [7, 11) is -4.37. The number of carboxylic acids is 1. The molecule has 2 N–H and O–H groups in total. The molecule has 0 aliphatic heterocycles. The van der Waals surface area contributed by atoms with E-state index in [4.69, 9.17) is 5.11 Å². The van der Waals surface area contributed by atoms with Crippen LogP contribution in [0.25, 0.3) is 0 Å². The van der Waals surface area contributed by atoms with Crippen LogP contribution in [0.4, 0.5) is 8.78 Å². The number of benzene rings is 1. The topological polar surface area (TPSA) is 83.5 Å². The molecule has 20 heavy (non-hydrogen) atoms. The third-order valence-electron chi connectivity index (χ3n) is 2.49. The van der Waals surface area contributed by atoms with Gasteiger partial charge in [0, 0.05) is 6.07 Å². The molecule has 1 aromatic rings. The van der Waals surface area contributed by atoms with Crippen LogP contribution in [0, 0.1) is 17.6 Å². The van der Waals surface area contributed by atoms with Crippen molar-refractivity contribution < 1.29 is 27.1 Å². The van der Waals surface area contributed by atoms with Crippen molar-refractivity contribution in [2.45, 2.75) is 31.2 Å². The van der Waals surface area contributed by atoms with E-state index >= 15 is 0 Å². The third-order valence-corrected chi connectivity index (χ3v) is 3.99. The lowest BCUT2D eigenvalue weighted by molar-refractivity contribution is -0.139. The largest absolute Gasteiger partial charge is 0.480 e. The molecule has 0 aliphatic rings. The summed E-state index contributed by atoms with van der Waals surface area (Å²) in [5.74, 6) is -3.62. The molecular weight excluding hydrogens is 292 g/mol. The fourth-order valence-electron chi connectivity index (χ4n) is 1.61. The quantitative estimate of drug-likeness (QED) is 0.838. The van der Waals surface area contributed by atoms with Crippen molar-refractivity contribution in [1.82, 2.24) is 4.72 Å². The van der Waals surface area contributed by atoms with Crippen molar-refractivity contribution in [1.29, 1.82) is 0 Å². The Hall–Kier alpha value is -1.54. The number of aliphatic carboxylic acids is 1. The Morgan fingerprint density at radius 1 is 1.35 bits per heavy atom. The maximum Gasteiger partial charge on any atom is 0.321 e. The van der Waals surface area contributed by atoms with Gasteiger partial charge in [0.25, 0.3) is 0 Å². The van der Waals surface area contributed by atoms with Crippen LogP contribution >= 0.6 is 0 Å². The fraction of sp³-hybridized carbons (Fsp3) is 0.417. The molecule has 0 aliphatic carbocycles. The first-order chi connectivity index (χ1) is 9.13. The van der Waals surface area contributed by atoms with Gasteiger partial charge in [-0.15, -0.1) is 0 Å². The maximum atomic E-state index is 13.5. The average Bonchev–Trinajstić information content (AvgIpc) is 2.26. The molecule has 0 aromatic heterocycles. The summed E-state index contributed by atoms with van der Waals surface area (Å²) in [5, 5.41) is 8.97. The fourth-order valence-corrected chi connectivity index (χ4v) is 2.88. The zero-order valence-corrected chi connectivity index (χ0v) is 11.7. The molecular formula is C12H15F2NO4S. The predicted molar refractivity (Wildman–Crippen MR) is 67.6 cm³/mol. The van der Waals surface area contributed by atoms with Crippen LogP contribution < -0.4 is 4.72 Å². The summed E-state index contributed by atoms with van der Waals surface area (Å²) >= 11 is 0. The van der Waals surface area contributed by atoms with E-state index in [0.29, 0.717) is 6.07 Å². The van der Waals surface area contributed by atoms with Crippen molar-refractivity contribution in [2.75, 3.05) is 0 Å². The van der Waals surface area contributed by atoms with E-state index in [1.54, 1.807) is 13.8 Å². The summed E-state index contributed by atoms with van der Waals surface area (Å²) in [6, 6.07) is 0.591. The summed E-state index contributed by atoms with van der Waals surface area (Å²) in [6.45, 7) is 3.45. The first-order valence-electron chi connectivity index (χ1n) is 5.83. The summed E-state index contributed by atoms with van der Waals surface area (Å²) in [5.41, 5.74) is 0. The molecule has 0 unspecified atom stereocenters. The van der Waals surface area contributed by atoms with Gasteiger partial charge in [-0.2, -0.15) is 4.72 Å². The molecule has 0 radical (unpaired) electrons. The highest BCUT2D eigenvalue weighted by molar-refractivity contribution is 7.89. The molecule has 0 heterocycles. The number of hydrogen-bond acceptors (Lipinski definition) is 3. The van der Waals surface area contributed by atoms with Gasteiger partial charge in [0.1, 0.15) is 22.6 Å². The minimum Gasteiger partial charge on any atom is -0.480 e. The number of hydrogen-bond donors (Lipinski definition) is 2. The number of carboxylic acid groups (broad SMARTS) is 1. The lowest BCUT2D eigenvalue weighted by Gasteiger charge is -2.16. The maximum absolute atomic E-state index is 13.5. The molecule has 1 rings (SSSR count). The molecule has 0 saturated carbocycles. The number of nitrogens with one attached hydrogen (secondary N) is 1. The zero-order chi connectivity index (χ0) is 15.5. The van der Waals surface area contributed by atoms with Gasteiger partial charge in [0.15, 0.2) is 0 Å². The van der Waals surface area contributed by atoms with E-state index in [1.807, 2.05) is 4.72 Å². The van der Waals surface area contributed by atoms with Crippen molar-refractivity contribution in [3.63, 3.8) is 0 Å². The van der Waals surface area contributed by atoms with Crippen molar-refractivity contribution in [3.8, 4) is 0 Å². The van der Waals surface area contributed by atoms with Gasteiger partial charge in [0.2, 0.25) is 10.0 Å². The smallest absolute Gasteiger partial charge is 0.321 e. The molecule has 0 bridgehead atoms. The second-order valence-electron chi connectivity index (χ2n) is 4.72. The molecule has 0 saturated heterocycles. The molecule has 0 fully saturated rings. The van der Waals surface area contributed by atoms with E-state index < -0.39 is 38.6 Å². The van der Waals surface area contributed by atoms with E-state index in [9.17, 15) is 22.0 Å². The second-order valence-corrected chi connectivity index (χ2v) is 6.40. The van der Waals surface area contributed by atoms with Crippen LogP contribution in [0.1, 0.15) is 20.3 Å². The minimum absolute atomic E-state index is 0.0530. The monoisotopic (exact) mass is 307 g/mol. The van der Waals surface area contributed by atoms with Crippen LogP contribution in [0.2, 0.25) is 0 Å². The van der Waals surface area contributed by atoms with Gasteiger partial charge < -0.3 is 5.11 Å². The second kappa shape index (κ2) is 6.27. The zero-order valence-electron chi connectivity index (χ0n) is 10.9. The Bertz CT molecular complexity index is 601. The Labute approximate surface area is 115 Å². The normalized spacial score (nSPS) is 13.4. The highest BCUT2D eigenvalue weighted by atomic mass is 32.2. The Kier molecular flexibility index (Phi) is 5.18. The van der Waals surface area contributed by atoms with Crippen molar-refractivity contribution in [2.24, 2.45) is 5.92 Å². The lowest BCUT2D eigenvalue weighted by Crippen LogP contribution is -2.41. The molecule has 112 valence electrons. The first-order valence-corrected chi connectivity index (χ1v) is 7.32. The van der Waals surface area contributed by atoms with Gasteiger partial charge in [-0.05, 0) is 24.5 Å². The first kappa shape index (κ1) is 16.5. The van der Waals surface area contributed by atoms with Gasteiger partial charge in [-0.3, -0.25) is 4.79 Å². The van der Waals surface area contributed by atoms with Crippen molar-refractivity contribution >= 4 is 16.0 Å². The van der Waals surface area contributed by atoms with E-state index in [0.717, 1.165) is 12.1 Å². The van der Waals surface area contributed by atoms with E-state index in [2.05, 4.69) is 0 Å². The van der Waals surface area contributed by atoms with E-state index in [1.165, 1.54) is 0 Å². The van der Waals surface area contributed by atoms with Gasteiger partial charge in [0.05, 0.1) is 0 Å². The van der Waals surface area contributed by atoms with Crippen molar-refractivity contribution in [3.05, 3.63) is 29.8 Å². The van der Waals surface area contributed by atoms with Crippen LogP contribution in [-0.2, 0) is 14.8 Å². The Morgan fingerprint density at radius 3 is 2.40 bits per heavy atom. The Morgan fingerprint density at radius 2 is 1.95 bits per heavy atom. The summed E-state index contributed by atoms with van der Waals surface area (Å²) in [6.07, 6.45) is 0.0530. The highest BCUT2D eigenvalue weighted by Gasteiger charge is 2.28. The van der Waals surface area contributed by atoms with Crippen LogP contribution in [-0.4, -0.2) is 25.5 Å². The molecule has 8 heteroatoms. The summed E-state index contributed by atoms with van der Waals surface area (Å²) < 4.78 is 52.0. The van der Waals surface area contributed by atoms with Gasteiger partial charge in [-0.25, -0.2) is 17.2 Å².